The molecule has 5 heteroatoms. The minimum absolute atomic E-state index is 0.0618. The molecule has 4 nitrogen and oxygen atoms in total. The molecule has 1 N–H and O–H groups in total. The van der Waals surface area contributed by atoms with Gasteiger partial charge in [-0.25, -0.2) is 8.42 Å². The number of nitrogens with zero attached hydrogens (tertiary/aromatic N) is 1. The fraction of sp³-hybridized carbons (Fsp3) is 0.625. The van der Waals surface area contributed by atoms with Crippen LogP contribution in [0.15, 0.2) is 18.2 Å². The Balaban J connectivity index is 2.19. The lowest BCUT2D eigenvalue weighted by molar-refractivity contribution is 0.424. The third-order valence-corrected chi connectivity index (χ3v) is 5.34. The lowest BCUT2D eigenvalue weighted by Gasteiger charge is -2.31. The van der Waals surface area contributed by atoms with E-state index in [1.54, 1.807) is 0 Å². The summed E-state index contributed by atoms with van der Waals surface area (Å²) in [6.45, 7) is 10.5. The van der Waals surface area contributed by atoms with Gasteiger partial charge in [0.05, 0.1) is 11.5 Å². The van der Waals surface area contributed by atoms with Crippen molar-refractivity contribution >= 4 is 15.5 Å². The smallest absolute Gasteiger partial charge is 0.153 e. The number of rotatable bonds is 3. The molecule has 0 saturated carbocycles. The zero-order chi connectivity index (χ0) is 15.7. The molecule has 0 atom stereocenters. The number of benzene rings is 1. The number of hydrogen-bond donors (Lipinski definition) is 1. The number of anilines is 1. The first-order valence-corrected chi connectivity index (χ1v) is 9.28. The molecule has 0 aliphatic carbocycles. The van der Waals surface area contributed by atoms with E-state index in [0.717, 1.165) is 12.2 Å². The molecule has 0 radical (unpaired) electrons. The maximum atomic E-state index is 11.6. The standard InChI is InChI=1S/C16H26N2O2S/c1-13-5-6-15(14(11-13)12-17-16(2,3)4)18-7-9-21(19,20)10-8-18/h5-6,11,17H,7-10,12H2,1-4H3. The molecular formula is C16H26N2O2S. The van der Waals surface area contributed by atoms with Gasteiger partial charge in [-0.15, -0.1) is 0 Å². The van der Waals surface area contributed by atoms with Crippen LogP contribution in [0.4, 0.5) is 5.69 Å². The molecule has 1 aromatic carbocycles. The second kappa shape index (κ2) is 5.97. The first-order chi connectivity index (χ1) is 9.66. The fourth-order valence-electron chi connectivity index (χ4n) is 2.48. The van der Waals surface area contributed by atoms with E-state index in [0.29, 0.717) is 13.1 Å². The van der Waals surface area contributed by atoms with E-state index in [1.165, 1.54) is 11.1 Å². The van der Waals surface area contributed by atoms with Crippen LogP contribution < -0.4 is 10.2 Å². The van der Waals surface area contributed by atoms with Gasteiger partial charge in [-0.1, -0.05) is 17.7 Å². The zero-order valence-corrected chi connectivity index (χ0v) is 14.3. The highest BCUT2D eigenvalue weighted by Gasteiger charge is 2.23. The van der Waals surface area contributed by atoms with E-state index in [9.17, 15) is 8.42 Å². The summed E-state index contributed by atoms with van der Waals surface area (Å²) in [5.41, 5.74) is 3.69. The molecule has 118 valence electrons. The molecule has 0 aromatic heterocycles. The van der Waals surface area contributed by atoms with Crippen molar-refractivity contribution in [3.05, 3.63) is 29.3 Å². The lowest BCUT2D eigenvalue weighted by Crippen LogP contribution is -2.41. The van der Waals surface area contributed by atoms with Gasteiger partial charge in [-0.2, -0.15) is 0 Å². The molecule has 1 aromatic rings. The summed E-state index contributed by atoms with van der Waals surface area (Å²) in [6, 6.07) is 6.41. The number of hydrogen-bond acceptors (Lipinski definition) is 4. The molecule has 1 saturated heterocycles. The van der Waals surface area contributed by atoms with E-state index in [4.69, 9.17) is 0 Å². The number of sulfone groups is 1. The van der Waals surface area contributed by atoms with Crippen LogP contribution in [0.5, 0.6) is 0 Å². The minimum Gasteiger partial charge on any atom is -0.369 e. The predicted octanol–water partition coefficient (Wildman–Crippen LogP) is 2.12. The number of nitrogens with one attached hydrogen (secondary N) is 1. The van der Waals surface area contributed by atoms with Crippen LogP contribution in [-0.2, 0) is 16.4 Å². The van der Waals surface area contributed by atoms with E-state index in [-0.39, 0.29) is 17.0 Å². The Kier molecular flexibility index (Phi) is 4.63. The lowest BCUT2D eigenvalue weighted by atomic mass is 10.0. The molecule has 0 bridgehead atoms. The van der Waals surface area contributed by atoms with Gasteiger partial charge < -0.3 is 10.2 Å². The van der Waals surface area contributed by atoms with Crippen molar-refractivity contribution in [2.45, 2.75) is 39.8 Å². The summed E-state index contributed by atoms with van der Waals surface area (Å²) >= 11 is 0. The van der Waals surface area contributed by atoms with Crippen LogP contribution >= 0.6 is 0 Å². The van der Waals surface area contributed by atoms with Gasteiger partial charge in [0, 0.05) is 30.9 Å². The number of aryl methyl sites for hydroxylation is 1. The van der Waals surface area contributed by atoms with Crippen molar-refractivity contribution in [3.63, 3.8) is 0 Å². The topological polar surface area (TPSA) is 49.4 Å². The van der Waals surface area contributed by atoms with Gasteiger partial charge in [0.1, 0.15) is 0 Å². The van der Waals surface area contributed by atoms with Crippen molar-refractivity contribution < 1.29 is 8.42 Å². The molecule has 0 spiro atoms. The Morgan fingerprint density at radius 3 is 2.38 bits per heavy atom. The van der Waals surface area contributed by atoms with Gasteiger partial charge >= 0.3 is 0 Å². The van der Waals surface area contributed by atoms with Crippen LogP contribution in [0, 0.1) is 6.92 Å². The minimum atomic E-state index is -2.84. The quantitative estimate of drug-likeness (QED) is 0.929. The highest BCUT2D eigenvalue weighted by Crippen LogP contribution is 2.24. The Labute approximate surface area is 128 Å². The molecule has 1 fully saturated rings. The van der Waals surface area contributed by atoms with Crippen molar-refractivity contribution in [2.75, 3.05) is 29.5 Å². The normalized spacial score (nSPS) is 18.8. The third kappa shape index (κ3) is 4.71. The Morgan fingerprint density at radius 2 is 1.81 bits per heavy atom. The van der Waals surface area contributed by atoms with Gasteiger partial charge in [0.15, 0.2) is 9.84 Å². The molecule has 0 unspecified atom stereocenters. The first kappa shape index (κ1) is 16.3. The highest BCUT2D eigenvalue weighted by atomic mass is 32.2. The Morgan fingerprint density at radius 1 is 1.19 bits per heavy atom. The average molecular weight is 310 g/mol. The van der Waals surface area contributed by atoms with E-state index >= 15 is 0 Å². The second-order valence-electron chi connectivity index (χ2n) is 6.87. The van der Waals surface area contributed by atoms with Gasteiger partial charge in [0.2, 0.25) is 0 Å². The summed E-state index contributed by atoms with van der Waals surface area (Å²) in [7, 11) is -2.84. The SMILES string of the molecule is Cc1ccc(N2CCS(=O)(=O)CC2)c(CNC(C)(C)C)c1. The van der Waals surface area contributed by atoms with Crippen molar-refractivity contribution in [2.24, 2.45) is 0 Å². The summed E-state index contributed by atoms with van der Waals surface area (Å²) < 4.78 is 23.2. The van der Waals surface area contributed by atoms with Crippen LogP contribution in [0.3, 0.4) is 0 Å². The molecule has 1 aliphatic heterocycles. The monoisotopic (exact) mass is 310 g/mol. The van der Waals surface area contributed by atoms with Gasteiger partial charge in [-0.3, -0.25) is 0 Å². The highest BCUT2D eigenvalue weighted by molar-refractivity contribution is 7.91. The maximum Gasteiger partial charge on any atom is 0.153 e. The molecule has 1 aliphatic rings. The second-order valence-corrected chi connectivity index (χ2v) is 9.18. The van der Waals surface area contributed by atoms with E-state index in [1.807, 2.05) is 0 Å². The first-order valence-electron chi connectivity index (χ1n) is 7.46. The van der Waals surface area contributed by atoms with Gasteiger partial charge in [0.25, 0.3) is 0 Å². The summed E-state index contributed by atoms with van der Waals surface area (Å²) in [4.78, 5) is 2.19. The van der Waals surface area contributed by atoms with Crippen molar-refractivity contribution in [3.8, 4) is 0 Å². The van der Waals surface area contributed by atoms with Crippen LogP contribution in [0.25, 0.3) is 0 Å². The van der Waals surface area contributed by atoms with E-state index in [2.05, 4.69) is 56.1 Å². The predicted molar refractivity (Wildman–Crippen MR) is 88.6 cm³/mol. The van der Waals surface area contributed by atoms with Crippen molar-refractivity contribution in [1.29, 1.82) is 0 Å². The summed E-state index contributed by atoms with van der Waals surface area (Å²) in [6.07, 6.45) is 0. The van der Waals surface area contributed by atoms with Crippen LogP contribution in [0.2, 0.25) is 0 Å². The summed E-state index contributed by atoms with van der Waals surface area (Å²) in [5, 5.41) is 3.52. The van der Waals surface area contributed by atoms with Crippen LogP contribution in [-0.4, -0.2) is 38.6 Å². The molecule has 2 rings (SSSR count). The van der Waals surface area contributed by atoms with Crippen LogP contribution in [0.1, 0.15) is 31.9 Å². The Bertz CT molecular complexity index is 589. The molecule has 1 heterocycles. The van der Waals surface area contributed by atoms with Gasteiger partial charge in [-0.05, 0) is 39.3 Å². The molecular weight excluding hydrogens is 284 g/mol. The largest absolute Gasteiger partial charge is 0.369 e. The fourth-order valence-corrected chi connectivity index (χ4v) is 3.68. The average Bonchev–Trinajstić information content (AvgIpc) is 2.36. The van der Waals surface area contributed by atoms with E-state index < -0.39 is 9.84 Å². The Hall–Kier alpha value is -1.07. The molecule has 21 heavy (non-hydrogen) atoms. The summed E-state index contributed by atoms with van der Waals surface area (Å²) in [5.74, 6) is 0.514. The molecule has 0 amide bonds. The third-order valence-electron chi connectivity index (χ3n) is 3.73. The maximum absolute atomic E-state index is 11.6. The zero-order valence-electron chi connectivity index (χ0n) is 13.4. The van der Waals surface area contributed by atoms with Crippen molar-refractivity contribution in [1.82, 2.24) is 5.32 Å².